The lowest BCUT2D eigenvalue weighted by Gasteiger charge is -2.51. The Labute approximate surface area is 420 Å². The van der Waals surface area contributed by atoms with Crippen molar-refractivity contribution >= 4 is 22.3 Å². The first-order chi connectivity index (χ1) is 34.8. The summed E-state index contributed by atoms with van der Waals surface area (Å²) in [6.07, 6.45) is -38.3. The van der Waals surface area contributed by atoms with E-state index in [2.05, 4.69) is 0 Å². The number of nitrogens with two attached hydrogens (primary N) is 1. The molecular weight excluding hydrogens is 1020 g/mol. The average molecular weight is 1090 g/mol. The smallest absolute Gasteiger partial charge is 0.335 e. The summed E-state index contributed by atoms with van der Waals surface area (Å²) in [6.45, 7) is -1.76. The van der Waals surface area contributed by atoms with E-state index < -0.39 is 189 Å². The molecule has 0 aromatic carbocycles. The van der Waals surface area contributed by atoms with Gasteiger partial charge in [0.1, 0.15) is 110 Å². The van der Waals surface area contributed by atoms with Crippen molar-refractivity contribution in [2.75, 3.05) is 90.4 Å². The monoisotopic (exact) mass is 1090 g/mol. The quantitative estimate of drug-likeness (QED) is 0.0313. The highest BCUT2D eigenvalue weighted by Crippen LogP contribution is 2.39. The van der Waals surface area contributed by atoms with E-state index in [1.165, 1.54) is 49.8 Å². The molecule has 0 radical (unpaired) electrons. The minimum absolute atomic E-state index is 0.0422. The molecule has 0 aliphatic carbocycles. The summed E-state index contributed by atoms with van der Waals surface area (Å²) in [5.41, 5.74) is 5.76. The Bertz CT molecular complexity index is 1810. The van der Waals surface area contributed by atoms with Crippen LogP contribution in [0.2, 0.25) is 0 Å². The topological polar surface area (TPSA) is 414 Å². The molecule has 31 nitrogen and oxygen atoms in total. The van der Waals surface area contributed by atoms with E-state index in [-0.39, 0.29) is 19.6 Å². The van der Waals surface area contributed by atoms with Crippen LogP contribution in [0.4, 0.5) is 0 Å². The largest absolute Gasteiger partial charge is 0.726 e. The maximum atomic E-state index is 13.0. The third-order valence-corrected chi connectivity index (χ3v) is 13.6. The van der Waals surface area contributed by atoms with Crippen LogP contribution in [0.1, 0.15) is 6.42 Å². The molecule has 0 aromatic heterocycles. The van der Waals surface area contributed by atoms with Gasteiger partial charge in [0.2, 0.25) is 10.4 Å². The zero-order valence-corrected chi connectivity index (χ0v) is 42.3. The van der Waals surface area contributed by atoms with Crippen LogP contribution in [-0.4, -0.2) is 299 Å². The van der Waals surface area contributed by atoms with E-state index in [4.69, 9.17) is 95.2 Å². The zero-order chi connectivity index (χ0) is 54.1. The van der Waals surface area contributed by atoms with Crippen LogP contribution in [0.25, 0.3) is 0 Å². The highest BCUT2D eigenvalue weighted by Gasteiger charge is 2.60. The van der Waals surface area contributed by atoms with Gasteiger partial charge in [-0.05, 0) is 13.0 Å². The number of aliphatic hydroxyl groups is 4. The second-order valence-electron chi connectivity index (χ2n) is 17.2. The van der Waals surface area contributed by atoms with Crippen LogP contribution in [0.3, 0.4) is 0 Å². The van der Waals surface area contributed by atoms with Crippen molar-refractivity contribution in [1.29, 1.82) is 0 Å². The van der Waals surface area contributed by atoms with Gasteiger partial charge < -0.3 is 126 Å². The van der Waals surface area contributed by atoms with Gasteiger partial charge in [-0.1, -0.05) is 0 Å². The fraction of sp³-hybridized carbons (Fsp3) is 0.951. The minimum atomic E-state index is -5.46. The molecule has 32 heteroatoms. The summed E-state index contributed by atoms with van der Waals surface area (Å²) in [6, 6.07) is 0. The zero-order valence-electron chi connectivity index (χ0n) is 41.4. The average Bonchev–Trinajstić information content (AvgIpc) is 3.36. The number of methoxy groups -OCH3 is 9. The lowest BCUT2D eigenvalue weighted by Crippen LogP contribution is -2.69. The number of ether oxygens (including phenoxy) is 18. The summed E-state index contributed by atoms with van der Waals surface area (Å²) in [7, 11) is 5.77. The van der Waals surface area contributed by atoms with Crippen molar-refractivity contribution in [3.8, 4) is 0 Å². The molecule has 0 bridgehead atoms. The molecule has 25 atom stereocenters. The second kappa shape index (κ2) is 28.0. The lowest BCUT2D eigenvalue weighted by molar-refractivity contribution is -0.390. The predicted octanol–water partition coefficient (Wildman–Crippen LogP) is -5.97. The van der Waals surface area contributed by atoms with Crippen LogP contribution < -0.4 is 5.73 Å². The van der Waals surface area contributed by atoms with Crippen LogP contribution in [0.5, 0.6) is 0 Å². The van der Waals surface area contributed by atoms with Gasteiger partial charge in [-0.2, -0.15) is 0 Å². The molecule has 0 unspecified atom stereocenters. The van der Waals surface area contributed by atoms with Crippen molar-refractivity contribution in [3.63, 3.8) is 0 Å². The van der Waals surface area contributed by atoms with Gasteiger partial charge in [-0.25, -0.2) is 18.0 Å². The van der Waals surface area contributed by atoms with Crippen LogP contribution in [-0.2, 0) is 109 Å². The van der Waals surface area contributed by atoms with E-state index in [0.29, 0.717) is 0 Å². The molecule has 5 aliphatic rings. The number of rotatable bonds is 26. The summed E-state index contributed by atoms with van der Waals surface area (Å²) in [5.74, 6) is -3.30. The first kappa shape index (κ1) is 61.7. The number of hydrogen-bond acceptors (Lipinski definition) is 29. The van der Waals surface area contributed by atoms with Gasteiger partial charge in [-0.15, -0.1) is 0 Å². The predicted molar refractivity (Wildman–Crippen MR) is 231 cm³/mol. The molecule has 0 aromatic rings. The number of aliphatic carboxylic acids is 2. The molecule has 0 saturated carbocycles. The fourth-order valence-electron chi connectivity index (χ4n) is 9.84. The molecule has 8 N–H and O–H groups in total. The summed E-state index contributed by atoms with van der Waals surface area (Å²) < 4.78 is 146. The summed E-state index contributed by atoms with van der Waals surface area (Å²) in [5, 5.41) is 64.9. The standard InChI is InChI=1S/C41H71NO30S/c1-54-14-18-24(30(72-73(51,52)53)22(55-2)15(63-18)10-11-42)67-41-35(62-9)26(58-5)28(31(71-41)36(47)48)68-38-20(46)19(45)21(16(12-43)64-38)66-40-34(61-8)27(59-6)29(32(70-40)37(49)50)69-39-33(60-7)25(57-4)23(56-3)17(13-44)65-39/h15-35,38-41,43-46H,10-14,42H2,1-9H3,(H,47,48)(H,49,50)(H,51,52,53)/p-1/t15-,16+,17+,18+,19+,20+,21+,22-,23+,24+,25-,26-,27-,28-,29-,30+,31+,32-,33+,34+,35+,38+,39+,40+,41+/m0/s1. The number of carbonyl (C=O) groups is 2. The van der Waals surface area contributed by atoms with E-state index >= 15 is 0 Å². The van der Waals surface area contributed by atoms with Gasteiger partial charge >= 0.3 is 11.9 Å². The van der Waals surface area contributed by atoms with Crippen molar-refractivity contribution in [2.45, 2.75) is 160 Å². The fourth-order valence-corrected chi connectivity index (χ4v) is 10.3. The Morgan fingerprint density at radius 1 is 0.479 bits per heavy atom. The third-order valence-electron chi connectivity index (χ3n) is 13.2. The third kappa shape index (κ3) is 13.8. The van der Waals surface area contributed by atoms with Crippen molar-refractivity contribution < 1.29 is 143 Å². The van der Waals surface area contributed by atoms with Gasteiger partial charge in [0.05, 0.1) is 25.9 Å². The Morgan fingerprint density at radius 2 is 0.863 bits per heavy atom. The van der Waals surface area contributed by atoms with E-state index in [9.17, 15) is 53.2 Å². The summed E-state index contributed by atoms with van der Waals surface area (Å²) >= 11 is 0. The molecule has 5 heterocycles. The second-order valence-corrected chi connectivity index (χ2v) is 18.2. The van der Waals surface area contributed by atoms with E-state index in [1.54, 1.807) is 0 Å². The van der Waals surface area contributed by atoms with Crippen molar-refractivity contribution in [2.24, 2.45) is 5.73 Å². The SMILES string of the molecule is COC[C@H]1O[C@@H](CCN)[C@H](OC)[C@@H](OS(=O)(=O)[O-])[C@@H]1O[C@@H]1O[C@@H](C(=O)O)[C@@H](O[C@H]2O[C@H](CO)[C@@H](O[C@@H]3O[C@H](C(=O)O)[C@@H](O[C@H]4O[C@H](CO)[C@@H](OC)[C@H](OC)[C@H]4OC)[C@H](OC)[C@H]3OC)[C@H](O)[C@H]2O)[C@H](OC)[C@H]1OC. The van der Waals surface area contributed by atoms with Crippen LogP contribution in [0, 0.1) is 0 Å². The number of aliphatic hydroxyl groups excluding tert-OH is 4. The number of carboxylic acid groups (broad SMARTS) is 2. The Morgan fingerprint density at radius 3 is 1.27 bits per heavy atom. The van der Waals surface area contributed by atoms with Gasteiger partial charge in [0.25, 0.3) is 0 Å². The highest BCUT2D eigenvalue weighted by molar-refractivity contribution is 7.80. The molecule has 5 saturated heterocycles. The van der Waals surface area contributed by atoms with Gasteiger partial charge in [0, 0.05) is 64.0 Å². The number of carboxylic acids is 2. The molecule has 426 valence electrons. The molecule has 73 heavy (non-hydrogen) atoms. The van der Waals surface area contributed by atoms with E-state index in [1.807, 2.05) is 0 Å². The summed E-state index contributed by atoms with van der Waals surface area (Å²) in [4.78, 5) is 25.9. The minimum Gasteiger partial charge on any atom is -0.726 e. The molecule has 0 spiro atoms. The normalized spacial score (nSPS) is 43.7. The van der Waals surface area contributed by atoms with Gasteiger partial charge in [-0.3, -0.25) is 4.18 Å². The molecule has 5 fully saturated rings. The maximum absolute atomic E-state index is 13.0. The molecule has 5 rings (SSSR count). The van der Waals surface area contributed by atoms with Crippen molar-refractivity contribution in [1.82, 2.24) is 0 Å². The first-order valence-electron chi connectivity index (χ1n) is 22.8. The van der Waals surface area contributed by atoms with Crippen molar-refractivity contribution in [3.05, 3.63) is 0 Å². The van der Waals surface area contributed by atoms with Crippen LogP contribution >= 0.6 is 0 Å². The van der Waals surface area contributed by atoms with E-state index in [0.717, 1.165) is 14.2 Å². The lowest BCUT2D eigenvalue weighted by atomic mass is 9.92. The Kier molecular flexibility index (Phi) is 23.7. The van der Waals surface area contributed by atoms with Gasteiger partial charge in [0.15, 0.2) is 37.4 Å². The van der Waals surface area contributed by atoms with Crippen LogP contribution in [0.15, 0.2) is 0 Å². The molecule has 0 amide bonds. The Hall–Kier alpha value is -2.11. The maximum Gasteiger partial charge on any atom is 0.335 e. The number of hydrogen-bond donors (Lipinski definition) is 7. The highest BCUT2D eigenvalue weighted by atomic mass is 32.3. The Balaban J connectivity index is 1.38. The molecule has 5 aliphatic heterocycles. The molecular formula is C41H70NO30S-. The first-order valence-corrected chi connectivity index (χ1v) is 24.1.